The molecular weight excluding hydrogens is 358 g/mol. The number of benzene rings is 2. The van der Waals surface area contributed by atoms with E-state index in [1.807, 2.05) is 55.5 Å². The van der Waals surface area contributed by atoms with Crippen molar-refractivity contribution < 1.29 is 4.79 Å². The average Bonchev–Trinajstić information content (AvgIpc) is 3.06. The van der Waals surface area contributed by atoms with Crippen LogP contribution in [0.2, 0.25) is 0 Å². The van der Waals surface area contributed by atoms with E-state index in [1.54, 1.807) is 0 Å². The summed E-state index contributed by atoms with van der Waals surface area (Å²) in [5.41, 5.74) is 4.41. The van der Waals surface area contributed by atoms with Gasteiger partial charge in [-0.15, -0.1) is 10.2 Å². The van der Waals surface area contributed by atoms with Gasteiger partial charge >= 0.3 is 0 Å². The predicted octanol–water partition coefficient (Wildman–Crippen LogP) is 4.19. The second kappa shape index (κ2) is 7.36. The molecule has 2 aromatic heterocycles. The number of aromatic nitrogens is 4. The second-order valence-corrected chi connectivity index (χ2v) is 7.57. The number of amides is 1. The van der Waals surface area contributed by atoms with Crippen LogP contribution < -0.4 is 5.32 Å². The summed E-state index contributed by atoms with van der Waals surface area (Å²) in [6.07, 6.45) is 0.973. The molecule has 2 aromatic carbocycles. The highest BCUT2D eigenvalue weighted by Gasteiger charge is 2.18. The van der Waals surface area contributed by atoms with E-state index in [-0.39, 0.29) is 11.2 Å². The number of nitrogens with zero attached hydrogens (tertiary/aromatic N) is 3. The first-order valence-electron chi connectivity index (χ1n) is 8.81. The van der Waals surface area contributed by atoms with Gasteiger partial charge in [0.15, 0.2) is 5.65 Å². The van der Waals surface area contributed by atoms with Crippen molar-refractivity contribution in [1.82, 2.24) is 20.2 Å². The monoisotopic (exact) mass is 377 g/mol. The van der Waals surface area contributed by atoms with E-state index in [0.717, 1.165) is 28.5 Å². The van der Waals surface area contributed by atoms with Crippen LogP contribution in [0.1, 0.15) is 19.4 Å². The third-order valence-corrected chi connectivity index (χ3v) is 5.34. The van der Waals surface area contributed by atoms with E-state index in [4.69, 9.17) is 0 Å². The maximum Gasteiger partial charge on any atom is 0.237 e. The molecule has 0 saturated heterocycles. The van der Waals surface area contributed by atoms with Crippen molar-refractivity contribution >= 4 is 45.4 Å². The van der Waals surface area contributed by atoms with Gasteiger partial charge in [0.2, 0.25) is 11.1 Å². The zero-order valence-electron chi connectivity index (χ0n) is 15.1. The maximum absolute atomic E-state index is 12.5. The van der Waals surface area contributed by atoms with Gasteiger partial charge in [-0.2, -0.15) is 0 Å². The first kappa shape index (κ1) is 17.5. The van der Waals surface area contributed by atoms with Crippen LogP contribution in [0.15, 0.2) is 53.7 Å². The average molecular weight is 377 g/mol. The second-order valence-electron chi connectivity index (χ2n) is 6.26. The summed E-state index contributed by atoms with van der Waals surface area (Å²) >= 11 is 1.29. The molecule has 27 heavy (non-hydrogen) atoms. The molecule has 0 radical (unpaired) electrons. The highest BCUT2D eigenvalue weighted by molar-refractivity contribution is 8.00. The summed E-state index contributed by atoms with van der Waals surface area (Å²) in [5.74, 6) is -0.0930. The Morgan fingerprint density at radius 2 is 1.93 bits per heavy atom. The zero-order valence-corrected chi connectivity index (χ0v) is 15.9. The van der Waals surface area contributed by atoms with Gasteiger partial charge in [0.05, 0.1) is 5.25 Å². The molecular formula is C20H19N5OS. The van der Waals surface area contributed by atoms with Crippen LogP contribution in [0.25, 0.3) is 22.1 Å². The number of rotatable bonds is 5. The number of para-hydroxylation sites is 1. The first-order chi connectivity index (χ1) is 13.1. The summed E-state index contributed by atoms with van der Waals surface area (Å²) in [5, 5.41) is 12.5. The van der Waals surface area contributed by atoms with Gasteiger partial charge in [-0.1, -0.05) is 49.0 Å². The summed E-state index contributed by atoms with van der Waals surface area (Å²) in [4.78, 5) is 20.2. The molecule has 4 aromatic rings. The number of nitrogens with one attached hydrogen (secondary N) is 2. The number of anilines is 1. The van der Waals surface area contributed by atoms with Crippen LogP contribution >= 0.6 is 11.8 Å². The van der Waals surface area contributed by atoms with Gasteiger partial charge in [-0.05, 0) is 37.1 Å². The van der Waals surface area contributed by atoms with E-state index in [1.165, 1.54) is 17.3 Å². The Labute approximate surface area is 160 Å². The number of carbonyl (C=O) groups is 1. The molecule has 0 fully saturated rings. The van der Waals surface area contributed by atoms with Crippen LogP contribution in [-0.4, -0.2) is 31.3 Å². The molecule has 2 heterocycles. The van der Waals surface area contributed by atoms with Gasteiger partial charge in [0, 0.05) is 16.6 Å². The highest BCUT2D eigenvalue weighted by Crippen LogP contribution is 2.25. The van der Waals surface area contributed by atoms with Crippen molar-refractivity contribution in [2.75, 3.05) is 5.32 Å². The number of aryl methyl sites for hydroxylation is 1. The molecule has 2 N–H and O–H groups in total. The lowest BCUT2D eigenvalue weighted by atomic mass is 10.1. The molecule has 0 aliphatic carbocycles. The maximum atomic E-state index is 12.5. The zero-order chi connectivity index (χ0) is 18.8. The van der Waals surface area contributed by atoms with E-state index in [2.05, 4.69) is 32.4 Å². The Hall–Kier alpha value is -2.93. The standard InChI is InChI=1S/C20H19N5OS/c1-3-13-8-10-14(11-9-13)21-19(26)12(2)27-20-23-18-17(24-25-20)15-6-4-5-7-16(15)22-18/h4-12H,3H2,1-2H3,(H,21,26)(H,22,23,25)/t12-/m1/s1. The molecule has 1 amide bonds. The van der Waals surface area contributed by atoms with E-state index < -0.39 is 0 Å². The Morgan fingerprint density at radius 3 is 2.70 bits per heavy atom. The quantitative estimate of drug-likeness (QED) is 0.510. The van der Waals surface area contributed by atoms with Gasteiger partial charge in [-0.3, -0.25) is 4.79 Å². The highest BCUT2D eigenvalue weighted by atomic mass is 32.2. The first-order valence-corrected chi connectivity index (χ1v) is 9.69. The Morgan fingerprint density at radius 1 is 1.15 bits per heavy atom. The van der Waals surface area contributed by atoms with E-state index in [9.17, 15) is 4.79 Å². The summed E-state index contributed by atoms with van der Waals surface area (Å²) in [6.45, 7) is 3.93. The molecule has 136 valence electrons. The van der Waals surface area contributed by atoms with Crippen LogP contribution in [0.5, 0.6) is 0 Å². The lowest BCUT2D eigenvalue weighted by Gasteiger charge is -2.11. The van der Waals surface area contributed by atoms with E-state index >= 15 is 0 Å². The smallest absolute Gasteiger partial charge is 0.237 e. The lowest BCUT2D eigenvalue weighted by Crippen LogP contribution is -2.22. The normalized spacial score (nSPS) is 12.4. The molecule has 4 rings (SSSR count). The van der Waals surface area contributed by atoms with Crippen molar-refractivity contribution in [1.29, 1.82) is 0 Å². The molecule has 0 aliphatic rings. The summed E-state index contributed by atoms with van der Waals surface area (Å²) in [7, 11) is 0. The van der Waals surface area contributed by atoms with Gasteiger partial charge in [-0.25, -0.2) is 4.98 Å². The Bertz CT molecular complexity index is 1110. The number of hydrogen-bond donors (Lipinski definition) is 2. The minimum atomic E-state index is -0.348. The van der Waals surface area contributed by atoms with Crippen LogP contribution in [-0.2, 0) is 11.2 Å². The number of aromatic amines is 1. The fourth-order valence-corrected chi connectivity index (χ4v) is 3.55. The third-order valence-electron chi connectivity index (χ3n) is 4.38. The number of hydrogen-bond acceptors (Lipinski definition) is 5. The number of thioether (sulfide) groups is 1. The van der Waals surface area contributed by atoms with E-state index in [0.29, 0.717) is 10.8 Å². The lowest BCUT2D eigenvalue weighted by molar-refractivity contribution is -0.115. The molecule has 1 atom stereocenters. The molecule has 0 spiro atoms. The molecule has 0 aliphatic heterocycles. The largest absolute Gasteiger partial charge is 0.338 e. The van der Waals surface area contributed by atoms with Crippen molar-refractivity contribution in [3.8, 4) is 0 Å². The Balaban J connectivity index is 1.48. The SMILES string of the molecule is CCc1ccc(NC(=O)[C@@H](C)Sc2nnc3c(n2)[nH]c2ccccc23)cc1. The predicted molar refractivity (Wildman–Crippen MR) is 109 cm³/mol. The topological polar surface area (TPSA) is 83.6 Å². The summed E-state index contributed by atoms with van der Waals surface area (Å²) < 4.78 is 0. The minimum absolute atomic E-state index is 0.0930. The van der Waals surface area contributed by atoms with Crippen molar-refractivity contribution in [3.63, 3.8) is 0 Å². The third kappa shape index (κ3) is 3.64. The fourth-order valence-electron chi connectivity index (χ4n) is 2.84. The van der Waals surface area contributed by atoms with Crippen molar-refractivity contribution in [3.05, 3.63) is 54.1 Å². The van der Waals surface area contributed by atoms with Crippen LogP contribution in [0.4, 0.5) is 5.69 Å². The van der Waals surface area contributed by atoms with Crippen molar-refractivity contribution in [2.24, 2.45) is 0 Å². The minimum Gasteiger partial charge on any atom is -0.338 e. The van der Waals surface area contributed by atoms with Gasteiger partial charge in [0.25, 0.3) is 0 Å². The Kier molecular flexibility index (Phi) is 4.77. The number of H-pyrrole nitrogens is 1. The van der Waals surface area contributed by atoms with Crippen LogP contribution in [0.3, 0.4) is 0 Å². The molecule has 6 nitrogen and oxygen atoms in total. The van der Waals surface area contributed by atoms with Crippen molar-refractivity contribution in [2.45, 2.75) is 30.7 Å². The fraction of sp³-hybridized carbons (Fsp3) is 0.200. The number of carbonyl (C=O) groups excluding carboxylic acids is 1. The molecule has 0 bridgehead atoms. The van der Waals surface area contributed by atoms with Gasteiger partial charge < -0.3 is 10.3 Å². The molecule has 7 heteroatoms. The molecule has 0 saturated carbocycles. The molecule has 0 unspecified atom stereocenters. The number of fused-ring (bicyclic) bond motifs is 3. The summed E-state index contributed by atoms with van der Waals surface area (Å²) in [6, 6.07) is 15.8. The van der Waals surface area contributed by atoms with Gasteiger partial charge in [0.1, 0.15) is 5.52 Å². The van der Waals surface area contributed by atoms with Crippen LogP contribution in [0, 0.1) is 0 Å².